The summed E-state index contributed by atoms with van der Waals surface area (Å²) in [6, 6.07) is 10.0. The summed E-state index contributed by atoms with van der Waals surface area (Å²) in [5, 5.41) is 14.1. The number of nitrogens with zero attached hydrogens (tertiary/aromatic N) is 1. The van der Waals surface area contributed by atoms with E-state index in [0.29, 0.717) is 30.5 Å². The summed E-state index contributed by atoms with van der Waals surface area (Å²) in [4.78, 5) is 0. The van der Waals surface area contributed by atoms with Gasteiger partial charge in [0.25, 0.3) is 0 Å². The molecule has 3 heteroatoms. The molecule has 5 rings (SSSR count). The number of allylic oxidation sites excluding steroid dienone is 1. The van der Waals surface area contributed by atoms with Gasteiger partial charge in [0.15, 0.2) is 0 Å². The molecule has 0 unspecified atom stereocenters. The minimum atomic E-state index is 0.231. The molecule has 1 saturated carbocycles. The lowest BCUT2D eigenvalue weighted by Gasteiger charge is -2.56. The second kappa shape index (κ2) is 4.40. The summed E-state index contributed by atoms with van der Waals surface area (Å²) < 4.78 is 1.20. The molecule has 6 atom stereocenters. The molecule has 1 aliphatic carbocycles. The highest BCUT2D eigenvalue weighted by Gasteiger charge is 2.70. The Bertz CT molecular complexity index is 699. The molecule has 2 bridgehead atoms. The number of piperidine rings is 1. The molecule has 1 spiro atoms. The SMILES string of the molecule is C/C=C1\C[N@+]2(C)CC[C@]34c5ccccc5N[C@H]3[C@@H](CO)[C@H]1C[C@H]42. The van der Waals surface area contributed by atoms with Crippen LogP contribution in [0.4, 0.5) is 5.69 Å². The van der Waals surface area contributed by atoms with Crippen LogP contribution in [0.15, 0.2) is 35.9 Å². The first kappa shape index (κ1) is 14.1. The number of anilines is 1. The molecule has 3 nitrogen and oxygen atoms in total. The van der Waals surface area contributed by atoms with Gasteiger partial charge in [-0.2, -0.15) is 0 Å². The number of para-hydroxylation sites is 1. The van der Waals surface area contributed by atoms with Gasteiger partial charge in [0, 0.05) is 37.1 Å². The average molecular weight is 311 g/mol. The third-order valence-corrected chi connectivity index (χ3v) is 7.70. The smallest absolute Gasteiger partial charge is 0.102 e. The quantitative estimate of drug-likeness (QED) is 0.617. The van der Waals surface area contributed by atoms with E-state index in [2.05, 4.69) is 49.6 Å². The van der Waals surface area contributed by atoms with Crippen LogP contribution < -0.4 is 5.32 Å². The van der Waals surface area contributed by atoms with Crippen LogP contribution in [0.2, 0.25) is 0 Å². The molecule has 4 aliphatic rings. The summed E-state index contributed by atoms with van der Waals surface area (Å²) in [5.41, 5.74) is 4.65. The molecule has 3 fully saturated rings. The lowest BCUT2D eigenvalue weighted by Crippen LogP contribution is -2.67. The molecule has 0 amide bonds. The maximum atomic E-state index is 10.3. The van der Waals surface area contributed by atoms with Crippen molar-refractivity contribution in [2.24, 2.45) is 11.8 Å². The third kappa shape index (κ3) is 1.49. The van der Waals surface area contributed by atoms with Gasteiger partial charge in [-0.3, -0.25) is 0 Å². The normalized spacial score (nSPS) is 48.0. The number of rotatable bonds is 1. The number of likely N-dealkylation sites (N-methyl/N-ethyl adjacent to an activating group) is 1. The minimum absolute atomic E-state index is 0.231. The van der Waals surface area contributed by atoms with E-state index in [1.54, 1.807) is 5.57 Å². The van der Waals surface area contributed by atoms with Crippen LogP contribution in [-0.4, -0.2) is 48.4 Å². The van der Waals surface area contributed by atoms with Crippen molar-refractivity contribution in [2.75, 3.05) is 32.1 Å². The maximum absolute atomic E-state index is 10.3. The third-order valence-electron chi connectivity index (χ3n) is 7.70. The molecule has 2 N–H and O–H groups in total. The van der Waals surface area contributed by atoms with Crippen molar-refractivity contribution >= 4 is 5.69 Å². The highest BCUT2D eigenvalue weighted by Crippen LogP contribution is 2.62. The van der Waals surface area contributed by atoms with Crippen LogP contribution in [0.1, 0.15) is 25.3 Å². The van der Waals surface area contributed by atoms with Crippen LogP contribution in [0.5, 0.6) is 0 Å². The molecule has 3 aliphatic heterocycles. The van der Waals surface area contributed by atoms with E-state index in [-0.39, 0.29) is 5.41 Å². The van der Waals surface area contributed by atoms with Crippen LogP contribution in [0, 0.1) is 11.8 Å². The molecule has 1 aromatic carbocycles. The molecule has 1 aromatic rings. The van der Waals surface area contributed by atoms with Crippen LogP contribution in [-0.2, 0) is 5.41 Å². The fourth-order valence-electron chi connectivity index (χ4n) is 6.76. The summed E-state index contributed by atoms with van der Waals surface area (Å²) in [7, 11) is 2.47. The number of benzene rings is 1. The van der Waals surface area contributed by atoms with Crippen molar-refractivity contribution in [3.05, 3.63) is 41.5 Å². The Labute approximate surface area is 138 Å². The van der Waals surface area contributed by atoms with Crippen LogP contribution >= 0.6 is 0 Å². The first-order valence-electron chi connectivity index (χ1n) is 9.10. The largest absolute Gasteiger partial charge is 0.396 e. The van der Waals surface area contributed by atoms with Gasteiger partial charge < -0.3 is 14.9 Å². The number of quaternary nitrogens is 1. The number of aliphatic hydroxyl groups excluding tert-OH is 1. The van der Waals surface area contributed by atoms with Gasteiger partial charge in [0.05, 0.1) is 19.0 Å². The van der Waals surface area contributed by atoms with Gasteiger partial charge in [0.2, 0.25) is 0 Å². The zero-order chi connectivity index (χ0) is 15.8. The van der Waals surface area contributed by atoms with E-state index in [1.807, 2.05) is 0 Å². The van der Waals surface area contributed by atoms with E-state index >= 15 is 0 Å². The van der Waals surface area contributed by atoms with Crippen LogP contribution in [0.3, 0.4) is 0 Å². The fourth-order valence-corrected chi connectivity index (χ4v) is 6.76. The maximum Gasteiger partial charge on any atom is 0.102 e. The van der Waals surface area contributed by atoms with Gasteiger partial charge in [-0.15, -0.1) is 0 Å². The van der Waals surface area contributed by atoms with Crippen molar-refractivity contribution in [2.45, 2.75) is 37.3 Å². The highest BCUT2D eigenvalue weighted by atomic mass is 16.3. The van der Waals surface area contributed by atoms with E-state index in [0.717, 1.165) is 0 Å². The topological polar surface area (TPSA) is 32.3 Å². The zero-order valence-corrected chi connectivity index (χ0v) is 14.1. The Morgan fingerprint density at radius 3 is 3.00 bits per heavy atom. The Morgan fingerprint density at radius 2 is 2.22 bits per heavy atom. The number of hydrogen-bond acceptors (Lipinski definition) is 2. The number of nitrogens with one attached hydrogen (secondary N) is 1. The Kier molecular flexibility index (Phi) is 2.69. The molecule has 0 radical (unpaired) electrons. The second-order valence-electron chi connectivity index (χ2n) is 8.39. The monoisotopic (exact) mass is 311 g/mol. The molecule has 122 valence electrons. The van der Waals surface area contributed by atoms with Gasteiger partial charge in [-0.25, -0.2) is 0 Å². The fraction of sp³-hybridized carbons (Fsp3) is 0.600. The van der Waals surface area contributed by atoms with Gasteiger partial charge in [-0.05, 0) is 30.0 Å². The molecule has 3 heterocycles. The van der Waals surface area contributed by atoms with Crippen LogP contribution in [0.25, 0.3) is 0 Å². The summed E-state index contributed by atoms with van der Waals surface area (Å²) in [6.07, 6.45) is 4.83. The highest BCUT2D eigenvalue weighted by molar-refractivity contribution is 5.64. The Hall–Kier alpha value is -1.32. The number of hydrogen-bond donors (Lipinski definition) is 2. The van der Waals surface area contributed by atoms with Crippen molar-refractivity contribution in [1.82, 2.24) is 0 Å². The zero-order valence-electron chi connectivity index (χ0n) is 14.1. The van der Waals surface area contributed by atoms with E-state index in [1.165, 1.54) is 41.7 Å². The molecule has 23 heavy (non-hydrogen) atoms. The lowest BCUT2D eigenvalue weighted by atomic mass is 9.55. The second-order valence-corrected chi connectivity index (χ2v) is 8.39. The standard InChI is InChI=1S/C20H27N2O/c1-3-13-11-22(2)9-8-20-16-6-4-5-7-17(16)21-19(20)15(12-23)14(13)10-18(20)22/h3-7,14-15,18-19,21,23H,8-12H2,1-2H3/q+1/b13-3+/t14-,15-,18+,19-,20+,22-/m0/s1. The molecular formula is C20H27N2O+. The summed E-state index contributed by atoms with van der Waals surface area (Å²) in [6.45, 7) is 4.93. The van der Waals surface area contributed by atoms with E-state index in [9.17, 15) is 5.11 Å². The molecular weight excluding hydrogens is 284 g/mol. The molecule has 0 aromatic heterocycles. The summed E-state index contributed by atoms with van der Waals surface area (Å²) in [5.74, 6) is 0.899. The van der Waals surface area contributed by atoms with Gasteiger partial charge >= 0.3 is 0 Å². The summed E-state index contributed by atoms with van der Waals surface area (Å²) >= 11 is 0. The average Bonchev–Trinajstić information content (AvgIpc) is 3.08. The first-order chi connectivity index (χ1) is 11.1. The molecule has 2 saturated heterocycles. The predicted octanol–water partition coefficient (Wildman–Crippen LogP) is 2.53. The predicted molar refractivity (Wildman–Crippen MR) is 92.3 cm³/mol. The Balaban J connectivity index is 1.74. The van der Waals surface area contributed by atoms with Crippen molar-refractivity contribution in [3.63, 3.8) is 0 Å². The first-order valence-corrected chi connectivity index (χ1v) is 9.10. The van der Waals surface area contributed by atoms with Crippen molar-refractivity contribution < 1.29 is 9.59 Å². The van der Waals surface area contributed by atoms with Crippen molar-refractivity contribution in [1.29, 1.82) is 0 Å². The van der Waals surface area contributed by atoms with E-state index in [4.69, 9.17) is 0 Å². The van der Waals surface area contributed by atoms with Crippen molar-refractivity contribution in [3.8, 4) is 0 Å². The van der Waals surface area contributed by atoms with Gasteiger partial charge in [-0.1, -0.05) is 24.3 Å². The van der Waals surface area contributed by atoms with Gasteiger partial charge in [0.1, 0.15) is 12.6 Å². The Morgan fingerprint density at radius 1 is 1.39 bits per heavy atom. The minimum Gasteiger partial charge on any atom is -0.396 e. The van der Waals surface area contributed by atoms with E-state index < -0.39 is 0 Å². The lowest BCUT2D eigenvalue weighted by molar-refractivity contribution is -0.925. The number of aliphatic hydroxyl groups is 1. The number of fused-ring (bicyclic) bond motifs is 2.